The fourth-order valence-electron chi connectivity index (χ4n) is 10.8. The summed E-state index contributed by atoms with van der Waals surface area (Å²) in [5.41, 5.74) is -1.57. The summed E-state index contributed by atoms with van der Waals surface area (Å²) in [5, 5.41) is 7.75. The molecule has 0 aromatic heterocycles. The van der Waals surface area contributed by atoms with E-state index in [9.17, 15) is 57.5 Å². The maximum Gasteiger partial charge on any atom is 0.248 e. The lowest BCUT2D eigenvalue weighted by Crippen LogP contribution is -2.65. The Kier molecular flexibility index (Phi) is 21.3. The quantitative estimate of drug-likeness (QED) is 0.307. The van der Waals surface area contributed by atoms with Gasteiger partial charge in [-0.15, -0.1) is 0 Å². The van der Waals surface area contributed by atoms with E-state index in [2.05, 4.69) is 16.0 Å². The lowest BCUT2D eigenvalue weighted by atomic mass is 9.78. The van der Waals surface area contributed by atoms with Crippen molar-refractivity contribution in [2.75, 3.05) is 88.6 Å². The highest BCUT2D eigenvalue weighted by molar-refractivity contribution is 6.00. The van der Waals surface area contributed by atoms with Gasteiger partial charge in [-0.3, -0.25) is 57.5 Å². The minimum atomic E-state index is -1.57. The van der Waals surface area contributed by atoms with E-state index in [0.29, 0.717) is 51.6 Å². The number of hydrogen-bond acceptors (Lipinski definition) is 12. The third kappa shape index (κ3) is 13.7. The van der Waals surface area contributed by atoms with Crippen LogP contribution in [0, 0.1) is 17.8 Å². The second kappa shape index (κ2) is 26.5. The fourth-order valence-corrected chi connectivity index (χ4v) is 10.8. The van der Waals surface area contributed by atoms with Crippen molar-refractivity contribution in [2.45, 2.75) is 166 Å². The molecule has 5 aliphatic rings. The molecule has 3 heterocycles. The number of nitrogens with zero attached hydrogens (tertiary/aromatic N) is 9. The number of carbonyl (C=O) groups is 12. The van der Waals surface area contributed by atoms with Crippen LogP contribution < -0.4 is 16.0 Å². The number of amides is 12. The van der Waals surface area contributed by atoms with Gasteiger partial charge in [-0.1, -0.05) is 33.1 Å². The molecule has 24 nitrogen and oxygen atoms in total. The van der Waals surface area contributed by atoms with E-state index in [1.54, 1.807) is 11.8 Å². The van der Waals surface area contributed by atoms with Crippen LogP contribution in [0.3, 0.4) is 0 Å². The Hall–Kier alpha value is -6.36. The summed E-state index contributed by atoms with van der Waals surface area (Å²) < 4.78 is 0. The Bertz CT molecular complexity index is 2300. The summed E-state index contributed by atoms with van der Waals surface area (Å²) in [6.45, 7) is 9.09. The van der Waals surface area contributed by atoms with Crippen molar-refractivity contribution < 1.29 is 57.5 Å². The van der Waals surface area contributed by atoms with Crippen LogP contribution in [-0.4, -0.2) is 251 Å². The molecule has 5 rings (SSSR count). The second-order valence-corrected chi connectivity index (χ2v) is 23.0. The summed E-state index contributed by atoms with van der Waals surface area (Å²) in [7, 11) is 10.0. The number of piperidine rings is 1. The first-order valence-electron chi connectivity index (χ1n) is 27.9. The van der Waals surface area contributed by atoms with Gasteiger partial charge in [0.2, 0.25) is 70.9 Å². The van der Waals surface area contributed by atoms with Crippen LogP contribution >= 0.6 is 0 Å². The number of carbonyl (C=O) groups excluding carboxylic acids is 12. The lowest BCUT2D eigenvalue weighted by molar-refractivity contribution is -0.161. The average Bonchev–Trinajstić information content (AvgIpc) is 3.41. The maximum absolute atomic E-state index is 15.0. The van der Waals surface area contributed by atoms with E-state index < -0.39 is 151 Å². The SMILES string of the molecule is CC[C@H](C)C1NC(=O)C(C)N(C)C(=O)CC(C(=O)N2CCCCC2)N(C)C(=O)C(C2CCC2)N(C)C(=O)C(C)(C)N(C)C(=O)CNC(=O)CNC(=O)CN(C)C(=O)C(C2CCC2)N(C)C(=O)C2CCN2C(=O)C(C)N(C)C1=O. The topological polar surface area (TPSA) is 270 Å². The number of likely N-dealkylation sites (N-methyl/N-ethyl adjacent to an activating group) is 7. The zero-order chi connectivity index (χ0) is 58.2. The van der Waals surface area contributed by atoms with Gasteiger partial charge in [-0.25, -0.2) is 0 Å². The van der Waals surface area contributed by atoms with E-state index in [4.69, 9.17) is 0 Å². The summed E-state index contributed by atoms with van der Waals surface area (Å²) in [6, 6.07) is -7.75. The van der Waals surface area contributed by atoms with Crippen molar-refractivity contribution in [3.05, 3.63) is 0 Å². The number of fused-ring (bicyclic) bond motifs is 1. The number of hydrogen-bond donors (Lipinski definition) is 3. The Morgan fingerprint density at radius 3 is 1.68 bits per heavy atom. The summed E-state index contributed by atoms with van der Waals surface area (Å²) in [6.07, 6.45) is 6.68. The standard InChI is InChI=1S/C54H88N12O12/c1-14-32(2)43-50(75)60(9)34(4)47(72)66-27-24-37(66)48(73)62(11)44(35-20-18-21-35)51(76)58(7)31-40(68)55-29-39(67)56-30-42(70)64(13)54(5,6)53(78)63(12)45(36-22-19-23-36)52(77)61(10)38(49(74)65-25-16-15-17-26-65)28-41(69)59(8)33(3)46(71)57-43/h32-38,43-45H,14-31H2,1-13H3,(H,55,68)(H,56,67)(H,57,71)/t32-,33?,34?,37?,38?,43?,44?,45?/m0/s1. The van der Waals surface area contributed by atoms with Crippen LogP contribution in [0.4, 0.5) is 0 Å². The molecule has 5 fully saturated rings. The molecule has 8 atom stereocenters. The van der Waals surface area contributed by atoms with Gasteiger partial charge in [0.05, 0.1) is 26.1 Å². The molecular weight excluding hydrogens is 1010 g/mol. The zero-order valence-corrected chi connectivity index (χ0v) is 48.4. The maximum atomic E-state index is 15.0. The van der Waals surface area contributed by atoms with E-state index in [1.165, 1.54) is 106 Å². The Balaban J connectivity index is 1.47. The third-order valence-electron chi connectivity index (χ3n) is 17.7. The monoisotopic (exact) mass is 1100 g/mol. The first-order valence-corrected chi connectivity index (χ1v) is 27.9. The molecule has 0 bridgehead atoms. The van der Waals surface area contributed by atoms with Crippen molar-refractivity contribution in [2.24, 2.45) is 17.8 Å². The number of likely N-dealkylation sites (tertiary alicyclic amines) is 1. The fraction of sp³-hybridized carbons (Fsp3) is 0.778. The van der Waals surface area contributed by atoms with Crippen molar-refractivity contribution in [1.82, 2.24) is 60.0 Å². The molecule has 0 aromatic rings. The Morgan fingerprint density at radius 1 is 0.590 bits per heavy atom. The normalized spacial score (nSPS) is 29.3. The predicted octanol–water partition coefficient (Wildman–Crippen LogP) is -0.763. The number of rotatable bonds is 5. The zero-order valence-electron chi connectivity index (χ0n) is 48.4. The highest BCUT2D eigenvalue weighted by atomic mass is 16.2. The van der Waals surface area contributed by atoms with Gasteiger partial charge < -0.3 is 60.0 Å². The van der Waals surface area contributed by atoms with Gasteiger partial charge in [0, 0.05) is 69.0 Å². The van der Waals surface area contributed by atoms with Crippen LogP contribution in [-0.2, 0) is 57.5 Å². The van der Waals surface area contributed by atoms with Crippen molar-refractivity contribution in [3.8, 4) is 0 Å². The molecule has 3 N–H and O–H groups in total. The van der Waals surface area contributed by atoms with E-state index in [-0.39, 0.29) is 18.4 Å². The van der Waals surface area contributed by atoms with E-state index in [1.807, 2.05) is 6.92 Å². The van der Waals surface area contributed by atoms with Crippen LogP contribution in [0.1, 0.15) is 119 Å². The van der Waals surface area contributed by atoms with Crippen molar-refractivity contribution in [1.29, 1.82) is 0 Å². The molecule has 0 spiro atoms. The molecule has 12 amide bonds. The molecule has 3 saturated heterocycles. The summed E-state index contributed by atoms with van der Waals surface area (Å²) in [4.78, 5) is 181. The minimum Gasteiger partial charge on any atom is -0.345 e. The molecule has 7 unspecified atom stereocenters. The largest absolute Gasteiger partial charge is 0.345 e. The first kappa shape index (κ1) is 62.5. The molecule has 2 aliphatic carbocycles. The van der Waals surface area contributed by atoms with Crippen LogP contribution in [0.5, 0.6) is 0 Å². The summed E-state index contributed by atoms with van der Waals surface area (Å²) >= 11 is 0. The Labute approximate surface area is 459 Å². The van der Waals surface area contributed by atoms with E-state index in [0.717, 1.165) is 41.9 Å². The minimum absolute atomic E-state index is 0.212. The number of nitrogens with one attached hydrogen (secondary N) is 3. The van der Waals surface area contributed by atoms with Crippen LogP contribution in [0.25, 0.3) is 0 Å². The molecule has 0 radical (unpaired) electrons. The second-order valence-electron chi connectivity index (χ2n) is 23.0. The van der Waals surface area contributed by atoms with Gasteiger partial charge in [0.25, 0.3) is 0 Å². The molecule has 2 saturated carbocycles. The Morgan fingerprint density at radius 2 is 1.15 bits per heavy atom. The molecule has 3 aliphatic heterocycles. The van der Waals surface area contributed by atoms with Gasteiger partial charge in [0.1, 0.15) is 47.8 Å². The van der Waals surface area contributed by atoms with Gasteiger partial charge in [-0.2, -0.15) is 0 Å². The van der Waals surface area contributed by atoms with Crippen molar-refractivity contribution >= 4 is 70.9 Å². The highest BCUT2D eigenvalue weighted by Crippen LogP contribution is 2.36. The van der Waals surface area contributed by atoms with Crippen LogP contribution in [0.2, 0.25) is 0 Å². The van der Waals surface area contributed by atoms with Gasteiger partial charge in [-0.05, 0) is 96.8 Å². The van der Waals surface area contributed by atoms with Crippen molar-refractivity contribution in [3.63, 3.8) is 0 Å². The average molecular weight is 1100 g/mol. The third-order valence-corrected chi connectivity index (χ3v) is 17.7. The smallest absolute Gasteiger partial charge is 0.248 e. The first-order chi connectivity index (χ1) is 36.6. The summed E-state index contributed by atoms with van der Waals surface area (Å²) in [5.74, 6) is -8.14. The molecule has 24 heteroatoms. The van der Waals surface area contributed by atoms with Gasteiger partial charge >= 0.3 is 0 Å². The lowest BCUT2D eigenvalue weighted by Gasteiger charge is -2.46. The van der Waals surface area contributed by atoms with Crippen LogP contribution in [0.15, 0.2) is 0 Å². The molecule has 436 valence electrons. The van der Waals surface area contributed by atoms with E-state index >= 15 is 0 Å². The molecule has 0 aromatic carbocycles. The van der Waals surface area contributed by atoms with Gasteiger partial charge in [0.15, 0.2) is 0 Å². The molecular formula is C54H88N12O12. The molecule has 78 heavy (non-hydrogen) atoms. The predicted molar refractivity (Wildman–Crippen MR) is 286 cm³/mol. The highest BCUT2D eigenvalue weighted by Gasteiger charge is 2.49.